The molecule has 1 atom stereocenters. The van der Waals surface area contributed by atoms with Crippen molar-refractivity contribution in [2.24, 2.45) is 5.92 Å². The van der Waals surface area contributed by atoms with Crippen LogP contribution in [0.2, 0.25) is 0 Å². The van der Waals surface area contributed by atoms with Crippen molar-refractivity contribution in [1.29, 1.82) is 0 Å². The number of aryl methyl sites for hydroxylation is 1. The van der Waals surface area contributed by atoms with Gasteiger partial charge in [0, 0.05) is 13.6 Å². The van der Waals surface area contributed by atoms with Gasteiger partial charge in [0.05, 0.1) is 12.1 Å². The van der Waals surface area contributed by atoms with Crippen LogP contribution < -0.4 is 5.32 Å². The lowest BCUT2D eigenvalue weighted by atomic mass is 9.90. The summed E-state index contributed by atoms with van der Waals surface area (Å²) in [5, 5.41) is 6.08. The van der Waals surface area contributed by atoms with Gasteiger partial charge in [-0.2, -0.15) is 18.2 Å². The van der Waals surface area contributed by atoms with Crippen molar-refractivity contribution in [2.45, 2.75) is 38.4 Å². The van der Waals surface area contributed by atoms with E-state index in [-0.39, 0.29) is 5.82 Å². The minimum Gasteiger partial charge on any atom is -0.352 e. The van der Waals surface area contributed by atoms with E-state index in [2.05, 4.69) is 20.4 Å². The SMILES string of the molecule is CNC(=O)c1noc(CN2CCC[C@@H](CCc3ccccc3C(F)(F)F)C2)n1. The van der Waals surface area contributed by atoms with Gasteiger partial charge in [-0.05, 0) is 49.8 Å². The Labute approximate surface area is 161 Å². The van der Waals surface area contributed by atoms with Crippen LogP contribution in [-0.4, -0.2) is 41.1 Å². The number of rotatable bonds is 6. The van der Waals surface area contributed by atoms with Gasteiger partial charge in [0.2, 0.25) is 5.89 Å². The number of carbonyl (C=O) groups is 1. The molecule has 1 amide bonds. The number of nitrogens with zero attached hydrogens (tertiary/aromatic N) is 3. The largest absolute Gasteiger partial charge is 0.416 e. The van der Waals surface area contributed by atoms with Crippen LogP contribution in [0.3, 0.4) is 0 Å². The molecule has 28 heavy (non-hydrogen) atoms. The number of nitrogens with one attached hydrogen (secondary N) is 1. The molecule has 152 valence electrons. The molecule has 1 fully saturated rings. The maximum atomic E-state index is 13.1. The Hall–Kier alpha value is -2.42. The first-order valence-electron chi connectivity index (χ1n) is 9.29. The molecule has 0 spiro atoms. The van der Waals surface area contributed by atoms with E-state index in [1.165, 1.54) is 13.1 Å². The smallest absolute Gasteiger partial charge is 0.352 e. The second-order valence-corrected chi connectivity index (χ2v) is 7.03. The average molecular weight is 396 g/mol. The van der Waals surface area contributed by atoms with E-state index in [0.29, 0.717) is 36.8 Å². The Morgan fingerprint density at radius 2 is 2.14 bits per heavy atom. The van der Waals surface area contributed by atoms with Crippen molar-refractivity contribution in [3.05, 3.63) is 47.1 Å². The van der Waals surface area contributed by atoms with Crippen molar-refractivity contribution in [2.75, 3.05) is 20.1 Å². The number of carbonyl (C=O) groups excluding carboxylic acids is 1. The molecule has 0 radical (unpaired) electrons. The van der Waals surface area contributed by atoms with Gasteiger partial charge in [-0.1, -0.05) is 23.4 Å². The molecule has 0 unspecified atom stereocenters. The highest BCUT2D eigenvalue weighted by molar-refractivity contribution is 5.89. The fourth-order valence-electron chi connectivity index (χ4n) is 3.62. The lowest BCUT2D eigenvalue weighted by Gasteiger charge is -2.31. The van der Waals surface area contributed by atoms with Crippen LogP contribution in [-0.2, 0) is 19.1 Å². The molecule has 1 saturated heterocycles. The zero-order valence-electron chi connectivity index (χ0n) is 15.6. The lowest BCUT2D eigenvalue weighted by Crippen LogP contribution is -2.35. The Kier molecular flexibility index (Phi) is 6.33. The Morgan fingerprint density at radius 3 is 2.89 bits per heavy atom. The van der Waals surface area contributed by atoms with E-state index in [0.717, 1.165) is 32.0 Å². The van der Waals surface area contributed by atoms with Gasteiger partial charge in [-0.15, -0.1) is 0 Å². The average Bonchev–Trinajstić information content (AvgIpc) is 3.14. The number of aromatic nitrogens is 2. The van der Waals surface area contributed by atoms with Crippen molar-refractivity contribution < 1.29 is 22.5 Å². The standard InChI is InChI=1S/C19H23F3N4O2/c1-23-18(27)17-24-16(28-25-17)12-26-10-4-5-13(11-26)8-9-14-6-2-3-7-15(14)19(20,21)22/h2-3,6-7,13H,4-5,8-12H2,1H3,(H,23,27)/t13-/m0/s1. The number of halogens is 3. The number of benzene rings is 1. The van der Waals surface area contributed by atoms with Crippen molar-refractivity contribution in [3.8, 4) is 0 Å². The molecule has 0 bridgehead atoms. The maximum absolute atomic E-state index is 13.1. The van der Waals surface area contributed by atoms with Gasteiger partial charge in [0.15, 0.2) is 0 Å². The summed E-state index contributed by atoms with van der Waals surface area (Å²) in [7, 11) is 1.49. The molecule has 1 aromatic heterocycles. The molecule has 1 aromatic carbocycles. The summed E-state index contributed by atoms with van der Waals surface area (Å²) >= 11 is 0. The first kappa shape index (κ1) is 20.3. The molecule has 9 heteroatoms. The molecular weight excluding hydrogens is 373 g/mol. The molecular formula is C19H23F3N4O2. The Bertz CT molecular complexity index is 806. The zero-order valence-corrected chi connectivity index (χ0v) is 15.6. The van der Waals surface area contributed by atoms with Gasteiger partial charge in [-0.25, -0.2) is 0 Å². The third-order valence-electron chi connectivity index (χ3n) is 5.00. The molecule has 2 heterocycles. The maximum Gasteiger partial charge on any atom is 0.416 e. The monoisotopic (exact) mass is 396 g/mol. The topological polar surface area (TPSA) is 71.3 Å². The molecule has 1 aliphatic rings. The molecule has 3 rings (SSSR count). The molecule has 0 saturated carbocycles. The van der Waals surface area contributed by atoms with Gasteiger partial charge < -0.3 is 9.84 Å². The number of hydrogen-bond donors (Lipinski definition) is 1. The Morgan fingerprint density at radius 1 is 1.36 bits per heavy atom. The second kappa shape index (κ2) is 8.72. The number of likely N-dealkylation sites (tertiary alicyclic amines) is 1. The summed E-state index contributed by atoms with van der Waals surface area (Å²) < 4.78 is 44.5. The van der Waals surface area contributed by atoms with E-state index in [9.17, 15) is 18.0 Å². The van der Waals surface area contributed by atoms with Crippen LogP contribution >= 0.6 is 0 Å². The zero-order chi connectivity index (χ0) is 20.1. The highest BCUT2D eigenvalue weighted by atomic mass is 19.4. The minimum absolute atomic E-state index is 0.00480. The fraction of sp³-hybridized carbons (Fsp3) is 0.526. The van der Waals surface area contributed by atoms with E-state index in [1.807, 2.05) is 0 Å². The Balaban J connectivity index is 1.56. The number of alkyl halides is 3. The second-order valence-electron chi connectivity index (χ2n) is 7.03. The molecule has 2 aromatic rings. The summed E-state index contributed by atoms with van der Waals surface area (Å²) in [6.07, 6.45) is -1.29. The van der Waals surface area contributed by atoms with Gasteiger partial charge in [-0.3, -0.25) is 9.69 Å². The summed E-state index contributed by atoms with van der Waals surface area (Å²) in [5.74, 6) is 0.253. The van der Waals surface area contributed by atoms with E-state index in [1.54, 1.807) is 12.1 Å². The number of piperidine rings is 1. The van der Waals surface area contributed by atoms with Gasteiger partial charge in [0.25, 0.3) is 11.7 Å². The molecule has 1 aliphatic heterocycles. The van der Waals surface area contributed by atoms with E-state index < -0.39 is 17.6 Å². The summed E-state index contributed by atoms with van der Waals surface area (Å²) in [6.45, 7) is 2.04. The fourth-order valence-corrected chi connectivity index (χ4v) is 3.62. The molecule has 0 aliphatic carbocycles. The van der Waals surface area contributed by atoms with E-state index in [4.69, 9.17) is 4.52 Å². The van der Waals surface area contributed by atoms with Crippen molar-refractivity contribution in [3.63, 3.8) is 0 Å². The highest BCUT2D eigenvalue weighted by Gasteiger charge is 2.33. The van der Waals surface area contributed by atoms with Crippen LogP contribution in [0.25, 0.3) is 0 Å². The highest BCUT2D eigenvalue weighted by Crippen LogP contribution is 2.33. The number of hydrogen-bond acceptors (Lipinski definition) is 5. The van der Waals surface area contributed by atoms with E-state index >= 15 is 0 Å². The summed E-state index contributed by atoms with van der Waals surface area (Å²) in [5.41, 5.74) is -0.200. The predicted molar refractivity (Wildman–Crippen MR) is 95.5 cm³/mol. The third-order valence-corrected chi connectivity index (χ3v) is 5.00. The first-order valence-corrected chi connectivity index (χ1v) is 9.29. The number of amides is 1. The van der Waals surface area contributed by atoms with Crippen LogP contribution in [0.1, 0.15) is 46.9 Å². The van der Waals surface area contributed by atoms with Crippen LogP contribution in [0.5, 0.6) is 0 Å². The minimum atomic E-state index is -4.32. The third kappa shape index (κ3) is 5.09. The van der Waals surface area contributed by atoms with Crippen molar-refractivity contribution in [1.82, 2.24) is 20.4 Å². The van der Waals surface area contributed by atoms with Crippen molar-refractivity contribution >= 4 is 5.91 Å². The summed E-state index contributed by atoms with van der Waals surface area (Å²) in [4.78, 5) is 17.7. The molecule has 1 N–H and O–H groups in total. The normalized spacial score (nSPS) is 18.2. The summed E-state index contributed by atoms with van der Waals surface area (Å²) in [6, 6.07) is 5.77. The quantitative estimate of drug-likeness (QED) is 0.811. The van der Waals surface area contributed by atoms with Crippen LogP contribution in [0.4, 0.5) is 13.2 Å². The first-order chi connectivity index (χ1) is 13.4. The predicted octanol–water partition coefficient (Wildman–Crippen LogP) is 3.29. The van der Waals surface area contributed by atoms with Gasteiger partial charge >= 0.3 is 6.18 Å². The van der Waals surface area contributed by atoms with Crippen LogP contribution in [0.15, 0.2) is 28.8 Å². The molecule has 6 nitrogen and oxygen atoms in total. The van der Waals surface area contributed by atoms with Crippen LogP contribution in [0, 0.1) is 5.92 Å². The van der Waals surface area contributed by atoms with Gasteiger partial charge in [0.1, 0.15) is 0 Å². The lowest BCUT2D eigenvalue weighted by molar-refractivity contribution is -0.138.